The lowest BCUT2D eigenvalue weighted by atomic mass is 9.89. The van der Waals surface area contributed by atoms with E-state index in [2.05, 4.69) is 32.7 Å². The fourth-order valence-electron chi connectivity index (χ4n) is 5.30. The average Bonchev–Trinajstić information content (AvgIpc) is 3.60. The molecule has 0 bridgehead atoms. The quantitative estimate of drug-likeness (QED) is 0.303. The Morgan fingerprint density at radius 1 is 1.16 bits per heavy atom. The maximum absolute atomic E-state index is 14.2. The molecule has 1 saturated carbocycles. The van der Waals surface area contributed by atoms with Crippen LogP contribution < -0.4 is 10.5 Å². The first-order valence-electron chi connectivity index (χ1n) is 12.4. The van der Waals surface area contributed by atoms with Crippen LogP contribution in [0, 0.1) is 5.82 Å². The van der Waals surface area contributed by atoms with Crippen molar-refractivity contribution in [2.75, 3.05) is 0 Å². The van der Waals surface area contributed by atoms with Gasteiger partial charge in [0, 0.05) is 35.7 Å². The highest BCUT2D eigenvalue weighted by Crippen LogP contribution is 2.43. The molecule has 7 rings (SSSR count). The molecule has 0 atom stereocenters. The van der Waals surface area contributed by atoms with E-state index >= 15 is 0 Å². The van der Waals surface area contributed by atoms with Crippen LogP contribution in [-0.4, -0.2) is 19.5 Å². The number of pyridine rings is 1. The lowest BCUT2D eigenvalue weighted by molar-refractivity contribution is 0.305. The molecule has 0 radical (unpaired) electrons. The first-order chi connectivity index (χ1) is 18.4. The maximum atomic E-state index is 14.2. The largest absolute Gasteiger partial charge is 0.488 e. The van der Waals surface area contributed by atoms with Crippen LogP contribution in [0.1, 0.15) is 65.1 Å². The molecule has 4 heterocycles. The molecule has 190 valence electrons. The van der Waals surface area contributed by atoms with E-state index in [1.807, 2.05) is 25.3 Å². The molecule has 2 aromatic carbocycles. The predicted octanol–water partition coefficient (Wildman–Crippen LogP) is 6.14. The summed E-state index contributed by atoms with van der Waals surface area (Å²) in [6.45, 7) is 2.11. The summed E-state index contributed by atoms with van der Waals surface area (Å²) in [5, 5.41) is 4.55. The van der Waals surface area contributed by atoms with Gasteiger partial charge in [0.05, 0.1) is 16.4 Å². The molecule has 0 saturated heterocycles. The number of ether oxygens (including phenoxy) is 1. The Labute approximate surface area is 221 Å². The van der Waals surface area contributed by atoms with Gasteiger partial charge in [-0.3, -0.25) is 9.51 Å². The van der Waals surface area contributed by atoms with E-state index in [-0.39, 0.29) is 12.4 Å². The number of nitrogens with zero attached hydrogens (tertiary/aromatic N) is 3. The van der Waals surface area contributed by atoms with E-state index in [9.17, 15) is 9.18 Å². The van der Waals surface area contributed by atoms with E-state index in [0.717, 1.165) is 52.1 Å². The average molecular weight is 529 g/mol. The second kappa shape index (κ2) is 8.70. The van der Waals surface area contributed by atoms with E-state index < -0.39 is 5.76 Å². The number of rotatable bonds is 4. The third-order valence-corrected chi connectivity index (χ3v) is 7.48. The van der Waals surface area contributed by atoms with E-state index in [4.69, 9.17) is 25.8 Å². The van der Waals surface area contributed by atoms with Crippen molar-refractivity contribution in [3.05, 3.63) is 116 Å². The van der Waals surface area contributed by atoms with Crippen LogP contribution in [-0.2, 0) is 13.0 Å². The fourth-order valence-corrected chi connectivity index (χ4v) is 5.46. The van der Waals surface area contributed by atoms with Crippen LogP contribution in [0.2, 0.25) is 5.02 Å². The Hall–Kier alpha value is -4.17. The third-order valence-electron chi connectivity index (χ3n) is 7.25. The van der Waals surface area contributed by atoms with Gasteiger partial charge < -0.3 is 9.14 Å². The maximum Gasteiger partial charge on any atom is 0.439 e. The molecule has 3 aromatic heterocycles. The van der Waals surface area contributed by atoms with Gasteiger partial charge in [-0.05, 0) is 66.3 Å². The van der Waals surface area contributed by atoms with Gasteiger partial charge in [-0.2, -0.15) is 0 Å². The number of imidazole rings is 1. The highest BCUT2D eigenvalue weighted by atomic mass is 35.5. The van der Waals surface area contributed by atoms with Crippen molar-refractivity contribution in [2.45, 2.75) is 38.7 Å². The summed E-state index contributed by atoms with van der Waals surface area (Å²) >= 11 is 6.33. The number of benzene rings is 2. The van der Waals surface area contributed by atoms with Crippen molar-refractivity contribution in [3.63, 3.8) is 0 Å². The lowest BCUT2D eigenvalue weighted by Crippen LogP contribution is -2.02. The molecule has 5 aromatic rings. The van der Waals surface area contributed by atoms with Gasteiger partial charge in [0.15, 0.2) is 5.82 Å². The van der Waals surface area contributed by atoms with Crippen LogP contribution >= 0.6 is 11.6 Å². The summed E-state index contributed by atoms with van der Waals surface area (Å²) in [6.07, 6.45) is 4.90. The summed E-state index contributed by atoms with van der Waals surface area (Å²) in [5.41, 5.74) is 8.32. The minimum Gasteiger partial charge on any atom is -0.488 e. The molecule has 2 aliphatic rings. The van der Waals surface area contributed by atoms with Crippen LogP contribution in [0.25, 0.3) is 16.8 Å². The predicted molar refractivity (Wildman–Crippen MR) is 141 cm³/mol. The number of H-pyrrole nitrogens is 1. The van der Waals surface area contributed by atoms with Crippen molar-refractivity contribution in [1.29, 1.82) is 0 Å². The minimum atomic E-state index is -0.640. The normalized spacial score (nSPS) is 16.1. The summed E-state index contributed by atoms with van der Waals surface area (Å²) < 4.78 is 27.1. The molecular formula is C29H22ClFN4O3. The minimum absolute atomic E-state index is 0.264. The molecule has 1 aliphatic heterocycles. The summed E-state index contributed by atoms with van der Waals surface area (Å²) in [6, 6.07) is 14.5. The Morgan fingerprint density at radius 2 is 2.00 bits per heavy atom. The van der Waals surface area contributed by atoms with Gasteiger partial charge in [0.2, 0.25) is 0 Å². The summed E-state index contributed by atoms with van der Waals surface area (Å²) in [5.74, 6) is 0.198. The van der Waals surface area contributed by atoms with Crippen LogP contribution in [0.5, 0.6) is 5.75 Å². The fraction of sp³-hybridized carbons (Fsp3) is 0.207. The van der Waals surface area contributed by atoms with Crippen LogP contribution in [0.3, 0.4) is 0 Å². The van der Waals surface area contributed by atoms with Gasteiger partial charge in [-0.1, -0.05) is 35.0 Å². The molecular weight excluding hydrogens is 507 g/mol. The summed E-state index contributed by atoms with van der Waals surface area (Å²) in [7, 11) is 0. The van der Waals surface area contributed by atoms with Crippen molar-refractivity contribution in [2.24, 2.45) is 0 Å². The molecule has 1 aliphatic carbocycles. The van der Waals surface area contributed by atoms with Crippen molar-refractivity contribution in [1.82, 2.24) is 19.5 Å². The smallest absolute Gasteiger partial charge is 0.439 e. The third kappa shape index (κ3) is 3.92. The number of fused-ring (bicyclic) bond motifs is 3. The number of halogens is 2. The number of hydrogen-bond donors (Lipinski definition) is 1. The molecule has 1 N–H and O–H groups in total. The van der Waals surface area contributed by atoms with E-state index in [1.54, 1.807) is 6.07 Å². The number of aromatic nitrogens is 4. The number of hydrogen-bond acceptors (Lipinski definition) is 5. The topological polar surface area (TPSA) is 85.4 Å². The van der Waals surface area contributed by atoms with Crippen molar-refractivity contribution < 1.29 is 13.7 Å². The SMILES string of the molecule is CC(=C1c2ccc(Cc3c(C4CC4)nc4ccc(Cl)cn34)cc2COc2cc(F)ccc21)c1noc(=O)[nH]1. The Kier molecular flexibility index (Phi) is 5.26. The molecule has 9 heteroatoms. The Morgan fingerprint density at radius 3 is 2.79 bits per heavy atom. The van der Waals surface area contributed by atoms with E-state index in [1.165, 1.54) is 12.1 Å². The van der Waals surface area contributed by atoms with Crippen LogP contribution in [0.15, 0.2) is 64.0 Å². The first-order valence-corrected chi connectivity index (χ1v) is 12.8. The summed E-state index contributed by atoms with van der Waals surface area (Å²) in [4.78, 5) is 19.2. The van der Waals surface area contributed by atoms with Crippen molar-refractivity contribution >= 4 is 28.4 Å². The van der Waals surface area contributed by atoms with Crippen molar-refractivity contribution in [3.8, 4) is 5.75 Å². The molecule has 7 nitrogen and oxygen atoms in total. The van der Waals surface area contributed by atoms with Crippen LogP contribution in [0.4, 0.5) is 4.39 Å². The van der Waals surface area contributed by atoms with Gasteiger partial charge in [0.25, 0.3) is 0 Å². The zero-order valence-electron chi connectivity index (χ0n) is 20.4. The second-order valence-electron chi connectivity index (χ2n) is 9.83. The second-order valence-corrected chi connectivity index (χ2v) is 10.3. The zero-order chi connectivity index (χ0) is 26.0. The lowest BCUT2D eigenvalue weighted by Gasteiger charge is -2.14. The number of allylic oxidation sites excluding steroid dienone is 1. The number of nitrogens with one attached hydrogen (secondary N) is 1. The highest BCUT2D eigenvalue weighted by Gasteiger charge is 2.30. The number of aromatic amines is 1. The monoisotopic (exact) mass is 528 g/mol. The molecule has 38 heavy (non-hydrogen) atoms. The van der Waals surface area contributed by atoms with Gasteiger partial charge in [0.1, 0.15) is 23.8 Å². The van der Waals surface area contributed by atoms with Gasteiger partial charge in [-0.25, -0.2) is 14.2 Å². The molecule has 0 unspecified atom stereocenters. The first kappa shape index (κ1) is 23.0. The van der Waals surface area contributed by atoms with Gasteiger partial charge >= 0.3 is 5.76 Å². The zero-order valence-corrected chi connectivity index (χ0v) is 21.2. The van der Waals surface area contributed by atoms with E-state index in [0.29, 0.717) is 40.1 Å². The highest BCUT2D eigenvalue weighted by molar-refractivity contribution is 6.30. The molecule has 1 fully saturated rings. The Balaban J connectivity index is 1.36. The standard InChI is InChI=1S/C29H22ClFN4O3/c1-15(28-33-29(36)38-34-28)26-21-7-2-16(10-18(21)14-37-24-12-20(31)6-8-22(24)26)11-23-27(17-3-4-17)32-25-9-5-19(30)13-35(23)25/h2,5-10,12-13,17H,3-4,11,14H2,1H3,(H,33,34,36). The van der Waals surface area contributed by atoms with Gasteiger partial charge in [-0.15, -0.1) is 0 Å². The molecule has 0 spiro atoms. The molecule has 0 amide bonds. The Bertz CT molecular complexity index is 1830.